The fraction of sp³-hybridized carbons (Fsp3) is 0.214. The van der Waals surface area contributed by atoms with E-state index in [1.54, 1.807) is 49.5 Å². The van der Waals surface area contributed by atoms with Gasteiger partial charge in [0, 0.05) is 59.9 Å². The minimum atomic E-state index is -3.88. The molecule has 4 aromatic rings. The molecule has 5 rings (SSSR count). The number of hydrogen-bond acceptors (Lipinski definition) is 5. The van der Waals surface area contributed by atoms with Crippen LogP contribution in [0.2, 0.25) is 10.0 Å². The molecule has 0 spiro atoms. The molecule has 2 heterocycles. The summed E-state index contributed by atoms with van der Waals surface area (Å²) in [6.45, 7) is 5.10. The molecule has 7 nitrogen and oxygen atoms in total. The van der Waals surface area contributed by atoms with Crippen molar-refractivity contribution in [3.8, 4) is 0 Å². The maximum absolute atomic E-state index is 13.2. The lowest BCUT2D eigenvalue weighted by Gasteiger charge is -2.35. The van der Waals surface area contributed by atoms with Gasteiger partial charge < -0.3 is 4.90 Å². The third kappa shape index (κ3) is 5.63. The number of rotatable bonds is 6. The van der Waals surface area contributed by atoms with Gasteiger partial charge in [-0.15, -0.1) is 0 Å². The van der Waals surface area contributed by atoms with Gasteiger partial charge in [-0.1, -0.05) is 47.5 Å². The number of anilines is 1. The summed E-state index contributed by atoms with van der Waals surface area (Å²) < 4.78 is 29.0. The van der Waals surface area contributed by atoms with Gasteiger partial charge in [0.25, 0.3) is 15.9 Å². The molecule has 0 bridgehead atoms. The highest BCUT2D eigenvalue weighted by Gasteiger charge is 2.24. The molecule has 196 valence electrons. The summed E-state index contributed by atoms with van der Waals surface area (Å²) >= 11 is 12.3. The van der Waals surface area contributed by atoms with E-state index < -0.39 is 10.0 Å². The molecule has 1 aromatic heterocycles. The zero-order valence-corrected chi connectivity index (χ0v) is 23.0. The third-order valence-electron chi connectivity index (χ3n) is 6.67. The fourth-order valence-electron chi connectivity index (χ4n) is 4.59. The molecular formula is C28H26Cl2N4O3S. The number of halogens is 2. The predicted octanol–water partition coefficient (Wildman–Crippen LogP) is 5.61. The summed E-state index contributed by atoms with van der Waals surface area (Å²) in [6.07, 6.45) is 1.57. The minimum absolute atomic E-state index is 0.0788. The van der Waals surface area contributed by atoms with Crippen molar-refractivity contribution in [3.05, 3.63) is 99.7 Å². The van der Waals surface area contributed by atoms with Crippen molar-refractivity contribution >= 4 is 55.7 Å². The first-order valence-corrected chi connectivity index (χ1v) is 14.4. The number of para-hydroxylation sites is 1. The van der Waals surface area contributed by atoms with Gasteiger partial charge in [0.05, 0.1) is 11.2 Å². The van der Waals surface area contributed by atoms with Crippen LogP contribution in [0, 0.1) is 6.92 Å². The van der Waals surface area contributed by atoms with Crippen LogP contribution in [0.1, 0.15) is 21.5 Å². The van der Waals surface area contributed by atoms with Gasteiger partial charge in [-0.3, -0.25) is 19.4 Å². The number of pyridine rings is 1. The maximum atomic E-state index is 13.2. The van der Waals surface area contributed by atoms with Crippen LogP contribution in [-0.4, -0.2) is 55.3 Å². The predicted molar refractivity (Wildman–Crippen MR) is 151 cm³/mol. The molecule has 1 aliphatic heterocycles. The number of sulfonamides is 1. The van der Waals surface area contributed by atoms with Crippen molar-refractivity contribution < 1.29 is 13.2 Å². The highest BCUT2D eigenvalue weighted by atomic mass is 35.5. The lowest BCUT2D eigenvalue weighted by atomic mass is 10.1. The lowest BCUT2D eigenvalue weighted by Crippen LogP contribution is -2.48. The SMILES string of the molecule is Cc1cc(C(=O)N2CCN(Cc3ccc(Cl)cc3Cl)CC2)ccc1NS(=O)(=O)c1cccc2cccnc12. The van der Waals surface area contributed by atoms with Crippen LogP contribution < -0.4 is 4.72 Å². The number of aryl methyl sites for hydroxylation is 1. The number of nitrogens with zero attached hydrogens (tertiary/aromatic N) is 3. The van der Waals surface area contributed by atoms with Crippen molar-refractivity contribution in [2.24, 2.45) is 0 Å². The zero-order chi connectivity index (χ0) is 26.9. The Balaban J connectivity index is 1.25. The summed E-state index contributed by atoms with van der Waals surface area (Å²) in [7, 11) is -3.88. The quantitative estimate of drug-likeness (QED) is 0.327. The van der Waals surface area contributed by atoms with Crippen molar-refractivity contribution in [2.45, 2.75) is 18.4 Å². The minimum Gasteiger partial charge on any atom is -0.336 e. The van der Waals surface area contributed by atoms with Crippen molar-refractivity contribution in [2.75, 3.05) is 30.9 Å². The molecule has 1 fully saturated rings. The molecule has 0 aliphatic carbocycles. The monoisotopic (exact) mass is 568 g/mol. The highest BCUT2D eigenvalue weighted by molar-refractivity contribution is 7.93. The van der Waals surface area contributed by atoms with E-state index in [1.807, 2.05) is 29.2 Å². The summed E-state index contributed by atoms with van der Waals surface area (Å²) in [4.78, 5) is 21.6. The van der Waals surface area contributed by atoms with Gasteiger partial charge in [0.15, 0.2) is 0 Å². The molecule has 10 heteroatoms. The van der Waals surface area contributed by atoms with E-state index in [4.69, 9.17) is 23.2 Å². The number of aromatic nitrogens is 1. The molecule has 3 aromatic carbocycles. The summed E-state index contributed by atoms with van der Waals surface area (Å²) in [5.41, 5.74) is 3.00. The Bertz CT molecular complexity index is 1610. The fourth-order valence-corrected chi connectivity index (χ4v) is 6.37. The van der Waals surface area contributed by atoms with Crippen LogP contribution >= 0.6 is 23.2 Å². The first kappa shape index (κ1) is 26.4. The molecule has 0 unspecified atom stereocenters. The van der Waals surface area contributed by atoms with Gasteiger partial charge in [-0.2, -0.15) is 0 Å². The molecule has 1 amide bonds. The van der Waals surface area contributed by atoms with E-state index in [0.29, 0.717) is 52.0 Å². The van der Waals surface area contributed by atoms with Gasteiger partial charge in [-0.05, 0) is 60.5 Å². The first-order chi connectivity index (χ1) is 18.2. The molecular weight excluding hydrogens is 543 g/mol. The number of benzene rings is 3. The van der Waals surface area contributed by atoms with Crippen LogP contribution in [0.5, 0.6) is 0 Å². The Morgan fingerprint density at radius 3 is 2.47 bits per heavy atom. The van der Waals surface area contributed by atoms with E-state index in [2.05, 4.69) is 14.6 Å². The number of piperazine rings is 1. The summed E-state index contributed by atoms with van der Waals surface area (Å²) in [5.74, 6) is -0.0788. The summed E-state index contributed by atoms with van der Waals surface area (Å²) in [5, 5.41) is 1.98. The maximum Gasteiger partial charge on any atom is 0.264 e. The third-order valence-corrected chi connectivity index (χ3v) is 8.66. The Kier molecular flexibility index (Phi) is 7.59. The number of hydrogen-bond donors (Lipinski definition) is 1. The highest BCUT2D eigenvalue weighted by Crippen LogP contribution is 2.26. The number of carbonyl (C=O) groups excluding carboxylic acids is 1. The normalized spacial score (nSPS) is 14.6. The Morgan fingerprint density at radius 2 is 1.74 bits per heavy atom. The van der Waals surface area contributed by atoms with Crippen LogP contribution in [0.15, 0.2) is 77.8 Å². The van der Waals surface area contributed by atoms with Gasteiger partial charge >= 0.3 is 0 Å². The van der Waals surface area contributed by atoms with E-state index in [0.717, 1.165) is 24.0 Å². The average Bonchev–Trinajstić information content (AvgIpc) is 2.91. The molecule has 0 radical (unpaired) electrons. The lowest BCUT2D eigenvalue weighted by molar-refractivity contribution is 0.0628. The number of carbonyl (C=O) groups is 1. The second-order valence-corrected chi connectivity index (χ2v) is 11.8. The number of fused-ring (bicyclic) bond motifs is 1. The topological polar surface area (TPSA) is 82.6 Å². The standard InChI is InChI=1S/C28H26Cl2N4O3S/c1-19-16-21(28(35)34-14-12-33(13-15-34)18-22-7-9-23(29)17-24(22)30)8-10-25(19)32-38(36,37)26-6-2-4-20-5-3-11-31-27(20)26/h2-11,16-17,32H,12-15,18H2,1H3. The molecule has 1 aliphatic rings. The first-order valence-electron chi connectivity index (χ1n) is 12.1. The van der Waals surface area contributed by atoms with Crippen molar-refractivity contribution in [1.82, 2.24) is 14.8 Å². The smallest absolute Gasteiger partial charge is 0.264 e. The zero-order valence-electron chi connectivity index (χ0n) is 20.7. The average molecular weight is 570 g/mol. The summed E-state index contributed by atoms with van der Waals surface area (Å²) in [6, 6.07) is 19.1. The Hall–Kier alpha value is -3.17. The van der Waals surface area contributed by atoms with Crippen LogP contribution in [0.4, 0.5) is 5.69 Å². The molecule has 38 heavy (non-hydrogen) atoms. The Morgan fingerprint density at radius 1 is 0.974 bits per heavy atom. The molecule has 0 atom stereocenters. The second kappa shape index (κ2) is 10.9. The van der Waals surface area contributed by atoms with E-state index in [9.17, 15) is 13.2 Å². The largest absolute Gasteiger partial charge is 0.336 e. The molecule has 1 N–H and O–H groups in total. The van der Waals surface area contributed by atoms with Crippen molar-refractivity contribution in [3.63, 3.8) is 0 Å². The molecule has 1 saturated heterocycles. The van der Waals surface area contributed by atoms with Gasteiger partial charge in [0.2, 0.25) is 0 Å². The van der Waals surface area contributed by atoms with Crippen molar-refractivity contribution in [1.29, 1.82) is 0 Å². The van der Waals surface area contributed by atoms with E-state index >= 15 is 0 Å². The van der Waals surface area contributed by atoms with Crippen LogP contribution in [-0.2, 0) is 16.6 Å². The Labute approximate surface area is 232 Å². The van der Waals surface area contributed by atoms with Crippen LogP contribution in [0.25, 0.3) is 10.9 Å². The number of amides is 1. The van der Waals surface area contributed by atoms with E-state index in [1.165, 1.54) is 6.07 Å². The van der Waals surface area contributed by atoms with Gasteiger partial charge in [0.1, 0.15) is 4.90 Å². The van der Waals surface area contributed by atoms with E-state index in [-0.39, 0.29) is 10.8 Å². The molecule has 0 saturated carbocycles. The second-order valence-electron chi connectivity index (χ2n) is 9.27. The van der Waals surface area contributed by atoms with Gasteiger partial charge in [-0.25, -0.2) is 8.42 Å². The van der Waals surface area contributed by atoms with Crippen LogP contribution in [0.3, 0.4) is 0 Å². The number of nitrogens with one attached hydrogen (secondary N) is 1.